The molecule has 0 aliphatic heterocycles. The minimum Gasteiger partial charge on any atom is -0.353 e. The highest BCUT2D eigenvalue weighted by Gasteiger charge is 2.19. The lowest BCUT2D eigenvalue weighted by Gasteiger charge is -2.21. The molecule has 0 saturated carbocycles. The lowest BCUT2D eigenvalue weighted by molar-refractivity contribution is -0.120. The molecule has 1 aromatic rings. The Balaban J connectivity index is 2.53. The lowest BCUT2D eigenvalue weighted by atomic mass is 10.1. The molecule has 1 aromatic carbocycles. The van der Waals surface area contributed by atoms with Crippen molar-refractivity contribution in [2.24, 2.45) is 5.73 Å². The Hall–Kier alpha value is -1.00. The van der Waals surface area contributed by atoms with Gasteiger partial charge in [0.25, 0.3) is 0 Å². The highest BCUT2D eigenvalue weighted by atomic mass is 32.2. The molecule has 1 unspecified atom stereocenters. The minimum absolute atomic E-state index is 0.0601. The molecule has 1 rings (SSSR count). The van der Waals surface area contributed by atoms with Gasteiger partial charge in [0, 0.05) is 17.0 Å². The molecule has 0 heterocycles. The Morgan fingerprint density at radius 1 is 1.39 bits per heavy atom. The lowest BCUT2D eigenvalue weighted by Crippen LogP contribution is -2.47. The quantitative estimate of drug-likeness (QED) is 0.777. The van der Waals surface area contributed by atoms with Crippen LogP contribution in [0.15, 0.2) is 35.2 Å². The van der Waals surface area contributed by atoms with E-state index in [1.54, 1.807) is 11.8 Å². The van der Waals surface area contributed by atoms with Gasteiger partial charge < -0.3 is 11.1 Å². The molecule has 0 bridgehead atoms. The molecule has 0 fully saturated rings. The first-order valence-electron chi connectivity index (χ1n) is 6.20. The number of rotatable bonds is 6. The smallest absolute Gasteiger partial charge is 0.233 e. The standard InChI is InChI=1S/C14H22N2OS/c1-4-12(13(17)16-10-14(2,3)15)18-11-8-6-5-7-9-11/h5-9,12H,4,10,15H2,1-3H3,(H,16,17). The molecule has 4 heteroatoms. The monoisotopic (exact) mass is 266 g/mol. The van der Waals surface area contributed by atoms with Crippen molar-refractivity contribution in [1.29, 1.82) is 0 Å². The van der Waals surface area contributed by atoms with Gasteiger partial charge in [0.05, 0.1) is 5.25 Å². The summed E-state index contributed by atoms with van der Waals surface area (Å²) in [4.78, 5) is 13.2. The summed E-state index contributed by atoms with van der Waals surface area (Å²) in [7, 11) is 0. The summed E-state index contributed by atoms with van der Waals surface area (Å²) in [5.74, 6) is 0.0601. The first-order chi connectivity index (χ1) is 8.42. The molecule has 0 saturated heterocycles. The van der Waals surface area contributed by atoms with Gasteiger partial charge in [-0.15, -0.1) is 11.8 Å². The second-order valence-corrected chi connectivity index (χ2v) is 6.31. The van der Waals surface area contributed by atoms with E-state index in [1.165, 1.54) is 0 Å². The van der Waals surface area contributed by atoms with Gasteiger partial charge in [-0.2, -0.15) is 0 Å². The van der Waals surface area contributed by atoms with Crippen LogP contribution in [0, 0.1) is 0 Å². The van der Waals surface area contributed by atoms with Gasteiger partial charge in [-0.05, 0) is 32.4 Å². The van der Waals surface area contributed by atoms with Crippen LogP contribution < -0.4 is 11.1 Å². The van der Waals surface area contributed by atoms with Crippen molar-refractivity contribution in [1.82, 2.24) is 5.32 Å². The SMILES string of the molecule is CCC(Sc1ccccc1)C(=O)NCC(C)(C)N. The third-order valence-corrected chi connectivity index (χ3v) is 3.78. The van der Waals surface area contributed by atoms with Crippen LogP contribution in [0.25, 0.3) is 0 Å². The van der Waals surface area contributed by atoms with Crippen molar-refractivity contribution >= 4 is 17.7 Å². The molecule has 3 nitrogen and oxygen atoms in total. The Kier molecular flexibility index (Phi) is 5.69. The van der Waals surface area contributed by atoms with Crippen LogP contribution in [-0.4, -0.2) is 23.2 Å². The highest BCUT2D eigenvalue weighted by Crippen LogP contribution is 2.25. The summed E-state index contributed by atoms with van der Waals surface area (Å²) in [6.07, 6.45) is 0.802. The molecule has 1 atom stereocenters. The van der Waals surface area contributed by atoms with Crippen LogP contribution in [0.5, 0.6) is 0 Å². The van der Waals surface area contributed by atoms with Crippen LogP contribution in [0.3, 0.4) is 0 Å². The molecule has 100 valence electrons. The number of thioether (sulfide) groups is 1. The maximum absolute atomic E-state index is 12.0. The van der Waals surface area contributed by atoms with E-state index in [4.69, 9.17) is 5.73 Å². The second-order valence-electron chi connectivity index (χ2n) is 5.03. The normalized spacial score (nSPS) is 13.1. The summed E-state index contributed by atoms with van der Waals surface area (Å²) in [6.45, 7) is 6.32. The maximum Gasteiger partial charge on any atom is 0.233 e. The molecule has 0 aliphatic rings. The van der Waals surface area contributed by atoms with E-state index in [0.717, 1.165) is 11.3 Å². The van der Waals surface area contributed by atoms with Gasteiger partial charge in [-0.1, -0.05) is 25.1 Å². The molecular weight excluding hydrogens is 244 g/mol. The van der Waals surface area contributed by atoms with E-state index in [-0.39, 0.29) is 16.7 Å². The zero-order chi connectivity index (χ0) is 13.6. The van der Waals surface area contributed by atoms with Gasteiger partial charge >= 0.3 is 0 Å². The number of nitrogens with two attached hydrogens (primary N) is 1. The first kappa shape index (κ1) is 15.1. The summed E-state index contributed by atoms with van der Waals surface area (Å²) in [5.41, 5.74) is 5.49. The summed E-state index contributed by atoms with van der Waals surface area (Å²) >= 11 is 1.59. The van der Waals surface area contributed by atoms with Crippen molar-refractivity contribution < 1.29 is 4.79 Å². The average Bonchev–Trinajstić information content (AvgIpc) is 2.33. The maximum atomic E-state index is 12.0. The number of amides is 1. The zero-order valence-corrected chi connectivity index (χ0v) is 12.1. The van der Waals surface area contributed by atoms with E-state index in [2.05, 4.69) is 5.32 Å². The highest BCUT2D eigenvalue weighted by molar-refractivity contribution is 8.00. The van der Waals surface area contributed by atoms with E-state index < -0.39 is 0 Å². The summed E-state index contributed by atoms with van der Waals surface area (Å²) in [5, 5.41) is 2.85. The van der Waals surface area contributed by atoms with Crippen LogP contribution in [-0.2, 0) is 4.79 Å². The molecule has 0 aromatic heterocycles. The first-order valence-corrected chi connectivity index (χ1v) is 7.08. The van der Waals surface area contributed by atoms with E-state index in [9.17, 15) is 4.79 Å². The molecule has 0 aliphatic carbocycles. The van der Waals surface area contributed by atoms with Gasteiger partial charge in [-0.25, -0.2) is 0 Å². The number of carbonyl (C=O) groups is 1. The van der Waals surface area contributed by atoms with Gasteiger partial charge in [-0.3, -0.25) is 4.79 Å². The topological polar surface area (TPSA) is 55.1 Å². The number of hydrogen-bond acceptors (Lipinski definition) is 3. The third kappa shape index (κ3) is 5.56. The van der Waals surface area contributed by atoms with Crippen LogP contribution in [0.2, 0.25) is 0 Å². The Labute approximate surface area is 114 Å². The van der Waals surface area contributed by atoms with Crippen molar-refractivity contribution in [3.63, 3.8) is 0 Å². The summed E-state index contributed by atoms with van der Waals surface area (Å²) < 4.78 is 0. The van der Waals surface area contributed by atoms with Crippen molar-refractivity contribution in [3.05, 3.63) is 30.3 Å². The molecule has 18 heavy (non-hydrogen) atoms. The second kappa shape index (κ2) is 6.81. The van der Waals surface area contributed by atoms with E-state index in [0.29, 0.717) is 6.54 Å². The van der Waals surface area contributed by atoms with Gasteiger partial charge in [0.15, 0.2) is 0 Å². The van der Waals surface area contributed by atoms with E-state index in [1.807, 2.05) is 51.1 Å². The number of benzene rings is 1. The molecule has 0 radical (unpaired) electrons. The number of carbonyl (C=O) groups excluding carboxylic acids is 1. The fraction of sp³-hybridized carbons (Fsp3) is 0.500. The number of nitrogens with one attached hydrogen (secondary N) is 1. The zero-order valence-electron chi connectivity index (χ0n) is 11.3. The van der Waals surface area contributed by atoms with Crippen LogP contribution >= 0.6 is 11.8 Å². The average molecular weight is 266 g/mol. The fourth-order valence-corrected chi connectivity index (χ4v) is 2.41. The van der Waals surface area contributed by atoms with Crippen LogP contribution in [0.4, 0.5) is 0 Å². The predicted molar refractivity (Wildman–Crippen MR) is 77.7 cm³/mol. The number of hydrogen-bond donors (Lipinski definition) is 2. The Morgan fingerprint density at radius 2 is 2.00 bits per heavy atom. The van der Waals surface area contributed by atoms with E-state index >= 15 is 0 Å². The molecule has 1 amide bonds. The Morgan fingerprint density at radius 3 is 2.50 bits per heavy atom. The minimum atomic E-state index is -0.370. The Bertz CT molecular complexity index is 373. The van der Waals surface area contributed by atoms with Gasteiger partial charge in [0.1, 0.15) is 0 Å². The molecule has 3 N–H and O–H groups in total. The van der Waals surface area contributed by atoms with Crippen molar-refractivity contribution in [2.45, 2.75) is 42.9 Å². The molecule has 0 spiro atoms. The van der Waals surface area contributed by atoms with Gasteiger partial charge in [0.2, 0.25) is 5.91 Å². The van der Waals surface area contributed by atoms with Crippen molar-refractivity contribution in [3.8, 4) is 0 Å². The fourth-order valence-electron chi connectivity index (χ4n) is 1.41. The van der Waals surface area contributed by atoms with Crippen molar-refractivity contribution in [2.75, 3.05) is 6.54 Å². The largest absolute Gasteiger partial charge is 0.353 e. The third-order valence-electron chi connectivity index (χ3n) is 2.40. The summed E-state index contributed by atoms with van der Waals surface area (Å²) in [6, 6.07) is 9.98. The molecular formula is C14H22N2OS. The predicted octanol–water partition coefficient (Wildman–Crippen LogP) is 2.41. The van der Waals surface area contributed by atoms with Crippen LogP contribution in [0.1, 0.15) is 27.2 Å².